The van der Waals surface area contributed by atoms with Gasteiger partial charge in [0.15, 0.2) is 0 Å². The molecule has 0 spiro atoms. The van der Waals surface area contributed by atoms with Crippen LogP contribution in [0.25, 0.3) is 0 Å². The van der Waals surface area contributed by atoms with Gasteiger partial charge in [0, 0.05) is 5.69 Å². The van der Waals surface area contributed by atoms with E-state index in [1.54, 1.807) is 12.1 Å². The molecule has 0 aromatic heterocycles. The number of hydrogen-bond donors (Lipinski definition) is 2. The number of hydrogen-bond acceptors (Lipinski definition) is 4. The molecule has 4 amide bonds. The number of rotatable bonds is 6. The summed E-state index contributed by atoms with van der Waals surface area (Å²) in [5.74, 6) is 0.688. The van der Waals surface area contributed by atoms with Crippen LogP contribution in [0.5, 0.6) is 5.75 Å². The summed E-state index contributed by atoms with van der Waals surface area (Å²) in [6, 6.07) is 6.65. The van der Waals surface area contributed by atoms with Gasteiger partial charge < -0.3 is 15.0 Å². The molecule has 134 valence electrons. The van der Waals surface area contributed by atoms with Crippen molar-refractivity contribution in [2.45, 2.75) is 32.1 Å². The van der Waals surface area contributed by atoms with Gasteiger partial charge in [-0.15, -0.1) is 0 Å². The van der Waals surface area contributed by atoms with Gasteiger partial charge in [-0.3, -0.25) is 14.9 Å². The zero-order valence-electron chi connectivity index (χ0n) is 14.1. The summed E-state index contributed by atoms with van der Waals surface area (Å²) in [7, 11) is 0. The quantitative estimate of drug-likeness (QED) is 0.773. The molecule has 1 saturated heterocycles. The molecular weight excluding hydrogens is 322 g/mol. The van der Waals surface area contributed by atoms with E-state index in [0.29, 0.717) is 11.6 Å². The fourth-order valence-corrected chi connectivity index (χ4v) is 3.19. The summed E-state index contributed by atoms with van der Waals surface area (Å²) in [5.41, 5.74) is 0.626. The fraction of sp³-hybridized carbons (Fsp3) is 0.500. The van der Waals surface area contributed by atoms with Gasteiger partial charge in [0.2, 0.25) is 11.8 Å². The van der Waals surface area contributed by atoms with Crippen LogP contribution in [-0.2, 0) is 9.59 Å². The van der Waals surface area contributed by atoms with Gasteiger partial charge in [-0.2, -0.15) is 0 Å². The third kappa shape index (κ3) is 4.95. The molecule has 3 rings (SSSR count). The lowest BCUT2D eigenvalue weighted by molar-refractivity contribution is -0.119. The molecule has 1 aliphatic carbocycles. The first-order valence-electron chi connectivity index (χ1n) is 8.71. The molecule has 1 heterocycles. The standard InChI is InChI=1S/C18H23N3O4/c22-16(10-21-11-17(23)20-18(21)24)19-14-6-8-15(9-7-14)25-12-13-4-2-1-3-5-13/h6-9,13H,1-5,10-12H2,(H,19,22)(H,20,23,24). The normalized spacial score (nSPS) is 18.2. The summed E-state index contributed by atoms with van der Waals surface area (Å²) in [6.45, 7) is 0.501. The van der Waals surface area contributed by atoms with Crippen molar-refractivity contribution < 1.29 is 19.1 Å². The second kappa shape index (κ2) is 8.00. The molecule has 0 unspecified atom stereocenters. The first-order valence-corrected chi connectivity index (χ1v) is 8.71. The molecule has 25 heavy (non-hydrogen) atoms. The van der Waals surface area contributed by atoms with E-state index < -0.39 is 11.9 Å². The SMILES string of the molecule is O=C1CN(CC(=O)Nc2ccc(OCC3CCCCC3)cc2)C(=O)N1. The maximum atomic E-state index is 12.0. The molecule has 2 aliphatic rings. The monoisotopic (exact) mass is 345 g/mol. The zero-order valence-corrected chi connectivity index (χ0v) is 14.1. The number of carbonyl (C=O) groups excluding carboxylic acids is 3. The van der Waals surface area contributed by atoms with Gasteiger partial charge in [-0.05, 0) is 43.0 Å². The lowest BCUT2D eigenvalue weighted by Crippen LogP contribution is -2.35. The Bertz CT molecular complexity index is 638. The Balaban J connectivity index is 1.44. The number of carbonyl (C=O) groups is 3. The number of nitrogens with zero attached hydrogens (tertiary/aromatic N) is 1. The lowest BCUT2D eigenvalue weighted by atomic mass is 9.90. The first kappa shape index (κ1) is 17.3. The number of urea groups is 1. The van der Waals surface area contributed by atoms with Crippen LogP contribution in [0.3, 0.4) is 0 Å². The van der Waals surface area contributed by atoms with E-state index >= 15 is 0 Å². The Morgan fingerprint density at radius 1 is 1.16 bits per heavy atom. The molecule has 0 bridgehead atoms. The lowest BCUT2D eigenvalue weighted by Gasteiger charge is -2.21. The van der Waals surface area contributed by atoms with E-state index in [-0.39, 0.29) is 19.0 Å². The van der Waals surface area contributed by atoms with Gasteiger partial charge in [-0.25, -0.2) is 4.79 Å². The Morgan fingerprint density at radius 3 is 2.52 bits per heavy atom. The third-order valence-corrected chi connectivity index (χ3v) is 4.55. The van der Waals surface area contributed by atoms with Crippen molar-refractivity contribution in [2.24, 2.45) is 5.92 Å². The molecule has 1 aromatic carbocycles. The number of nitrogens with one attached hydrogen (secondary N) is 2. The van der Waals surface area contributed by atoms with Gasteiger partial charge >= 0.3 is 6.03 Å². The van der Waals surface area contributed by atoms with E-state index in [1.165, 1.54) is 37.0 Å². The van der Waals surface area contributed by atoms with E-state index in [2.05, 4.69) is 10.6 Å². The Kier molecular flexibility index (Phi) is 5.53. The highest BCUT2D eigenvalue weighted by Gasteiger charge is 2.28. The van der Waals surface area contributed by atoms with Crippen LogP contribution >= 0.6 is 0 Å². The van der Waals surface area contributed by atoms with E-state index in [1.807, 2.05) is 12.1 Å². The zero-order chi connectivity index (χ0) is 17.6. The van der Waals surface area contributed by atoms with E-state index in [9.17, 15) is 14.4 Å². The maximum Gasteiger partial charge on any atom is 0.325 e. The van der Waals surface area contributed by atoms with Crippen molar-refractivity contribution in [2.75, 3.05) is 25.0 Å². The summed E-state index contributed by atoms with van der Waals surface area (Å²) >= 11 is 0. The molecule has 1 aliphatic heterocycles. The summed E-state index contributed by atoms with van der Waals surface area (Å²) in [4.78, 5) is 35.6. The fourth-order valence-electron chi connectivity index (χ4n) is 3.19. The molecule has 2 fully saturated rings. The topological polar surface area (TPSA) is 87.7 Å². The smallest absolute Gasteiger partial charge is 0.325 e. The van der Waals surface area contributed by atoms with Gasteiger partial charge in [-0.1, -0.05) is 19.3 Å². The van der Waals surface area contributed by atoms with Crippen LogP contribution < -0.4 is 15.4 Å². The Hall–Kier alpha value is -2.57. The number of imide groups is 1. The number of anilines is 1. The highest BCUT2D eigenvalue weighted by molar-refractivity contribution is 6.04. The minimum Gasteiger partial charge on any atom is -0.493 e. The van der Waals surface area contributed by atoms with Gasteiger partial charge in [0.25, 0.3) is 0 Å². The average Bonchev–Trinajstić information content (AvgIpc) is 2.92. The van der Waals surface area contributed by atoms with Crippen LogP contribution in [-0.4, -0.2) is 42.4 Å². The van der Waals surface area contributed by atoms with E-state index in [4.69, 9.17) is 4.74 Å². The predicted octanol–water partition coefficient (Wildman–Crippen LogP) is 2.14. The first-order chi connectivity index (χ1) is 12.1. The Morgan fingerprint density at radius 2 is 1.88 bits per heavy atom. The highest BCUT2D eigenvalue weighted by atomic mass is 16.5. The van der Waals surface area contributed by atoms with Gasteiger partial charge in [0.1, 0.15) is 18.8 Å². The number of amides is 4. The maximum absolute atomic E-state index is 12.0. The average molecular weight is 345 g/mol. The second-order valence-electron chi connectivity index (χ2n) is 6.60. The largest absolute Gasteiger partial charge is 0.493 e. The minimum atomic E-state index is -0.536. The molecular formula is C18H23N3O4. The highest BCUT2D eigenvalue weighted by Crippen LogP contribution is 2.25. The molecule has 7 heteroatoms. The second-order valence-corrected chi connectivity index (χ2v) is 6.60. The molecule has 1 saturated carbocycles. The molecule has 0 atom stereocenters. The van der Waals surface area contributed by atoms with Crippen LogP contribution in [0, 0.1) is 5.92 Å². The van der Waals surface area contributed by atoms with Crippen LogP contribution in [0.2, 0.25) is 0 Å². The summed E-state index contributed by atoms with van der Waals surface area (Å²) < 4.78 is 5.83. The van der Waals surface area contributed by atoms with Crippen LogP contribution in [0.4, 0.5) is 10.5 Å². The number of benzene rings is 1. The minimum absolute atomic E-state index is 0.0831. The van der Waals surface area contributed by atoms with Crippen molar-refractivity contribution in [1.29, 1.82) is 0 Å². The molecule has 1 aromatic rings. The van der Waals surface area contributed by atoms with E-state index in [0.717, 1.165) is 12.4 Å². The molecule has 2 N–H and O–H groups in total. The Labute approximate surface area is 146 Å². The van der Waals surface area contributed by atoms with Gasteiger partial charge in [0.05, 0.1) is 6.61 Å². The van der Waals surface area contributed by atoms with Crippen molar-refractivity contribution in [3.05, 3.63) is 24.3 Å². The van der Waals surface area contributed by atoms with Crippen molar-refractivity contribution in [1.82, 2.24) is 10.2 Å². The van der Waals surface area contributed by atoms with Crippen LogP contribution in [0.1, 0.15) is 32.1 Å². The molecule has 7 nitrogen and oxygen atoms in total. The van der Waals surface area contributed by atoms with Crippen molar-refractivity contribution in [3.8, 4) is 5.75 Å². The summed E-state index contributed by atoms with van der Waals surface area (Å²) in [6.07, 6.45) is 6.39. The number of ether oxygens (including phenoxy) is 1. The third-order valence-electron chi connectivity index (χ3n) is 4.55. The summed E-state index contributed by atoms with van der Waals surface area (Å²) in [5, 5.41) is 4.85. The molecule has 0 radical (unpaired) electrons. The van der Waals surface area contributed by atoms with Crippen molar-refractivity contribution >= 4 is 23.5 Å². The van der Waals surface area contributed by atoms with Crippen molar-refractivity contribution in [3.63, 3.8) is 0 Å². The predicted molar refractivity (Wildman–Crippen MR) is 92.3 cm³/mol. The van der Waals surface area contributed by atoms with Crippen LogP contribution in [0.15, 0.2) is 24.3 Å².